The first-order chi connectivity index (χ1) is 8.58. The molecule has 0 aromatic heterocycles. The molecule has 4 heteroatoms. The summed E-state index contributed by atoms with van der Waals surface area (Å²) in [6.07, 6.45) is 0. The largest absolute Gasteiger partial charge is 0.508 e. The lowest BCUT2D eigenvalue weighted by atomic mass is 10.1. The summed E-state index contributed by atoms with van der Waals surface area (Å²) in [4.78, 5) is 11.9. The minimum atomic E-state index is -0.483. The number of rotatable bonds is 2. The second-order valence-electron chi connectivity index (χ2n) is 3.94. The van der Waals surface area contributed by atoms with Crippen LogP contribution in [0.15, 0.2) is 42.5 Å². The molecule has 1 amide bonds. The van der Waals surface area contributed by atoms with Gasteiger partial charge in [0.05, 0.1) is 5.69 Å². The molecule has 0 aliphatic heterocycles. The molecule has 0 radical (unpaired) electrons. The Labute approximate surface area is 104 Å². The van der Waals surface area contributed by atoms with Gasteiger partial charge in [-0.15, -0.1) is 0 Å². The Morgan fingerprint density at radius 2 is 1.94 bits per heavy atom. The van der Waals surface area contributed by atoms with Crippen molar-refractivity contribution in [2.75, 3.05) is 5.32 Å². The topological polar surface area (TPSA) is 49.3 Å². The molecule has 0 saturated carbocycles. The van der Waals surface area contributed by atoms with Crippen LogP contribution in [0.4, 0.5) is 10.1 Å². The number of hydrogen-bond acceptors (Lipinski definition) is 2. The summed E-state index contributed by atoms with van der Waals surface area (Å²) in [6, 6.07) is 10.5. The first-order valence-electron chi connectivity index (χ1n) is 5.43. The van der Waals surface area contributed by atoms with Crippen molar-refractivity contribution < 1.29 is 14.3 Å². The van der Waals surface area contributed by atoms with E-state index in [9.17, 15) is 14.3 Å². The number of para-hydroxylation sites is 1. The maximum Gasteiger partial charge on any atom is 0.255 e. The number of aromatic hydroxyl groups is 1. The number of hydrogen-bond donors (Lipinski definition) is 2. The minimum absolute atomic E-state index is 0.00657. The van der Waals surface area contributed by atoms with Crippen LogP contribution in [-0.2, 0) is 0 Å². The average molecular weight is 245 g/mol. The van der Waals surface area contributed by atoms with Gasteiger partial charge in [0, 0.05) is 5.56 Å². The molecule has 0 unspecified atom stereocenters. The second kappa shape index (κ2) is 4.87. The van der Waals surface area contributed by atoms with E-state index >= 15 is 0 Å². The van der Waals surface area contributed by atoms with Crippen molar-refractivity contribution in [3.8, 4) is 5.75 Å². The third-order valence-electron chi connectivity index (χ3n) is 2.57. The number of phenolic OH excluding ortho intramolecular Hbond substituents is 1. The zero-order valence-corrected chi connectivity index (χ0v) is 9.77. The molecular formula is C14H12FNO2. The highest BCUT2D eigenvalue weighted by Crippen LogP contribution is 2.20. The van der Waals surface area contributed by atoms with Crippen molar-refractivity contribution in [1.29, 1.82) is 0 Å². The molecule has 92 valence electrons. The third-order valence-corrected chi connectivity index (χ3v) is 2.57. The van der Waals surface area contributed by atoms with Crippen molar-refractivity contribution in [2.45, 2.75) is 6.92 Å². The minimum Gasteiger partial charge on any atom is -0.508 e. The lowest BCUT2D eigenvalue weighted by Crippen LogP contribution is -2.13. The van der Waals surface area contributed by atoms with Gasteiger partial charge in [-0.3, -0.25) is 4.79 Å². The van der Waals surface area contributed by atoms with Gasteiger partial charge < -0.3 is 10.4 Å². The number of benzene rings is 2. The summed E-state index contributed by atoms with van der Waals surface area (Å²) in [6.45, 7) is 1.71. The fourth-order valence-corrected chi connectivity index (χ4v) is 1.62. The highest BCUT2D eigenvalue weighted by Gasteiger charge is 2.11. The third kappa shape index (κ3) is 2.48. The predicted octanol–water partition coefficient (Wildman–Crippen LogP) is 3.09. The van der Waals surface area contributed by atoms with Crippen molar-refractivity contribution in [3.63, 3.8) is 0 Å². The van der Waals surface area contributed by atoms with Crippen LogP contribution in [-0.4, -0.2) is 11.0 Å². The van der Waals surface area contributed by atoms with E-state index in [1.165, 1.54) is 18.2 Å². The maximum atomic E-state index is 13.5. The maximum absolute atomic E-state index is 13.5. The Balaban J connectivity index is 2.27. The fourth-order valence-electron chi connectivity index (χ4n) is 1.62. The Hall–Kier alpha value is -2.36. The van der Waals surface area contributed by atoms with Crippen molar-refractivity contribution in [2.24, 2.45) is 0 Å². The van der Waals surface area contributed by atoms with Crippen LogP contribution in [0.5, 0.6) is 5.75 Å². The van der Waals surface area contributed by atoms with Gasteiger partial charge in [-0.05, 0) is 36.8 Å². The molecule has 2 aromatic carbocycles. The molecule has 3 nitrogen and oxygen atoms in total. The van der Waals surface area contributed by atoms with Gasteiger partial charge in [-0.25, -0.2) is 4.39 Å². The summed E-state index contributed by atoms with van der Waals surface area (Å²) >= 11 is 0. The SMILES string of the molecule is Cc1cccc(F)c1NC(=O)c1cccc(O)c1. The van der Waals surface area contributed by atoms with E-state index in [1.807, 2.05) is 0 Å². The van der Waals surface area contributed by atoms with E-state index in [0.717, 1.165) is 0 Å². The van der Waals surface area contributed by atoms with E-state index in [1.54, 1.807) is 31.2 Å². The summed E-state index contributed by atoms with van der Waals surface area (Å²) in [5.74, 6) is -0.949. The van der Waals surface area contributed by atoms with Crippen molar-refractivity contribution >= 4 is 11.6 Å². The molecule has 2 N–H and O–H groups in total. The molecule has 2 rings (SSSR count). The number of carbonyl (C=O) groups excluding carboxylic acids is 1. The van der Waals surface area contributed by atoms with E-state index < -0.39 is 11.7 Å². The van der Waals surface area contributed by atoms with Crippen LogP contribution < -0.4 is 5.32 Å². The van der Waals surface area contributed by atoms with Crippen molar-refractivity contribution in [3.05, 3.63) is 59.4 Å². The van der Waals surface area contributed by atoms with E-state index in [4.69, 9.17) is 0 Å². The van der Waals surface area contributed by atoms with Gasteiger partial charge in [0.1, 0.15) is 11.6 Å². The zero-order chi connectivity index (χ0) is 13.1. The quantitative estimate of drug-likeness (QED) is 0.854. The van der Waals surface area contributed by atoms with Crippen LogP contribution in [0.3, 0.4) is 0 Å². The molecule has 18 heavy (non-hydrogen) atoms. The van der Waals surface area contributed by atoms with Gasteiger partial charge >= 0.3 is 0 Å². The number of anilines is 1. The van der Waals surface area contributed by atoms with Gasteiger partial charge in [0.25, 0.3) is 5.91 Å². The van der Waals surface area contributed by atoms with E-state index in [0.29, 0.717) is 5.56 Å². The number of halogens is 1. The van der Waals surface area contributed by atoms with Crippen molar-refractivity contribution in [1.82, 2.24) is 0 Å². The second-order valence-corrected chi connectivity index (χ2v) is 3.94. The molecule has 0 heterocycles. The Kier molecular flexibility index (Phi) is 3.28. The molecule has 0 spiro atoms. The van der Waals surface area contributed by atoms with Crippen LogP contribution in [0.25, 0.3) is 0 Å². The first kappa shape index (κ1) is 12.1. The summed E-state index contributed by atoms with van der Waals surface area (Å²) in [5.41, 5.74) is 1.08. The molecule has 0 aliphatic rings. The summed E-state index contributed by atoms with van der Waals surface area (Å²) in [7, 11) is 0. The predicted molar refractivity (Wildman–Crippen MR) is 67.2 cm³/mol. The van der Waals surface area contributed by atoms with Gasteiger partial charge in [0.2, 0.25) is 0 Å². The molecule has 0 aliphatic carbocycles. The monoisotopic (exact) mass is 245 g/mol. The lowest BCUT2D eigenvalue weighted by molar-refractivity contribution is 0.102. The highest BCUT2D eigenvalue weighted by atomic mass is 19.1. The van der Waals surface area contributed by atoms with Gasteiger partial charge in [-0.2, -0.15) is 0 Å². The van der Waals surface area contributed by atoms with Gasteiger partial charge in [0.15, 0.2) is 0 Å². The summed E-state index contributed by atoms with van der Waals surface area (Å²) in [5, 5.41) is 11.8. The molecular weight excluding hydrogens is 233 g/mol. The van der Waals surface area contributed by atoms with Crippen LogP contribution in [0.2, 0.25) is 0 Å². The molecule has 0 saturated heterocycles. The first-order valence-corrected chi connectivity index (χ1v) is 5.43. The number of nitrogens with one attached hydrogen (secondary N) is 1. The van der Waals surface area contributed by atoms with E-state index in [-0.39, 0.29) is 17.0 Å². The zero-order valence-electron chi connectivity index (χ0n) is 9.77. The fraction of sp³-hybridized carbons (Fsp3) is 0.0714. The Bertz CT molecular complexity index is 576. The number of aryl methyl sites for hydroxylation is 1. The average Bonchev–Trinajstić information content (AvgIpc) is 2.34. The standard InChI is InChI=1S/C14H12FNO2/c1-9-4-2-7-12(15)13(9)16-14(18)10-5-3-6-11(17)8-10/h2-8,17H,1H3,(H,16,18). The van der Waals surface area contributed by atoms with Crippen LogP contribution in [0.1, 0.15) is 15.9 Å². The molecule has 2 aromatic rings. The van der Waals surface area contributed by atoms with Gasteiger partial charge in [-0.1, -0.05) is 18.2 Å². The smallest absolute Gasteiger partial charge is 0.255 e. The number of carbonyl (C=O) groups is 1. The molecule has 0 atom stereocenters. The summed E-state index contributed by atoms with van der Waals surface area (Å²) < 4.78 is 13.5. The highest BCUT2D eigenvalue weighted by molar-refractivity contribution is 6.04. The number of amides is 1. The van der Waals surface area contributed by atoms with E-state index in [2.05, 4.69) is 5.32 Å². The Morgan fingerprint density at radius 3 is 2.61 bits per heavy atom. The molecule has 0 fully saturated rings. The Morgan fingerprint density at radius 1 is 1.22 bits per heavy atom. The van der Waals surface area contributed by atoms with Crippen LogP contribution in [0, 0.1) is 12.7 Å². The van der Waals surface area contributed by atoms with Crippen LogP contribution >= 0.6 is 0 Å². The lowest BCUT2D eigenvalue weighted by Gasteiger charge is -2.09. The molecule has 0 bridgehead atoms. The normalized spacial score (nSPS) is 10.1. The number of phenols is 1.